The molecule has 0 bridgehead atoms. The van der Waals surface area contributed by atoms with E-state index < -0.39 is 0 Å². The van der Waals surface area contributed by atoms with Crippen molar-refractivity contribution in [3.8, 4) is 17.2 Å². The van der Waals surface area contributed by atoms with Crippen molar-refractivity contribution < 1.29 is 29.7 Å². The van der Waals surface area contributed by atoms with Crippen molar-refractivity contribution in [3.05, 3.63) is 86.5 Å². The molecule has 4 amide bonds. The maximum absolute atomic E-state index is 13.5. The lowest BCUT2D eigenvalue weighted by molar-refractivity contribution is -0.129. The van der Waals surface area contributed by atoms with Crippen molar-refractivity contribution in [1.29, 1.82) is 0 Å². The summed E-state index contributed by atoms with van der Waals surface area (Å²) < 4.78 is 0. The highest BCUT2D eigenvalue weighted by Gasteiger charge is 2.30. The van der Waals surface area contributed by atoms with Crippen molar-refractivity contribution in [2.75, 3.05) is 14.1 Å². The van der Waals surface area contributed by atoms with Gasteiger partial charge in [0.15, 0.2) is 0 Å². The summed E-state index contributed by atoms with van der Waals surface area (Å²) in [5.41, 5.74) is 6.66. The minimum Gasteiger partial charge on any atom is -0.507 e. The molecular formula is C50H77N3O6. The van der Waals surface area contributed by atoms with Crippen LogP contribution in [0.25, 0.3) is 0 Å². The first-order chi connectivity index (χ1) is 26.4. The van der Waals surface area contributed by atoms with Gasteiger partial charge in [0, 0.05) is 27.2 Å². The second kappa shape index (κ2) is 18.0. The molecule has 0 unspecified atom stereocenters. The molecule has 0 saturated carbocycles. The van der Waals surface area contributed by atoms with Crippen LogP contribution >= 0.6 is 0 Å². The third-order valence-corrected chi connectivity index (χ3v) is 10.5. The van der Waals surface area contributed by atoms with E-state index in [1.807, 2.05) is 92.0 Å². The Hall–Kier alpha value is -4.53. The molecule has 0 atom stereocenters. The Kier molecular flexibility index (Phi) is 15.4. The van der Waals surface area contributed by atoms with Gasteiger partial charge in [0.25, 0.3) is 0 Å². The van der Waals surface area contributed by atoms with Crippen molar-refractivity contribution in [2.45, 2.75) is 177 Å². The van der Waals surface area contributed by atoms with E-state index in [4.69, 9.17) is 0 Å². The number of hydrogen-bond acceptors (Lipinski definition) is 6. The molecule has 59 heavy (non-hydrogen) atoms. The second-order valence-electron chi connectivity index (χ2n) is 22.5. The molecule has 3 aromatic rings. The van der Waals surface area contributed by atoms with Crippen LogP contribution in [0.2, 0.25) is 0 Å². The van der Waals surface area contributed by atoms with E-state index in [2.05, 4.69) is 83.1 Å². The fourth-order valence-corrected chi connectivity index (χ4v) is 7.07. The molecule has 0 aliphatic heterocycles. The Balaban J connectivity index is 0.000000482. The van der Waals surface area contributed by atoms with E-state index in [-0.39, 0.29) is 45.1 Å². The molecule has 0 heterocycles. The summed E-state index contributed by atoms with van der Waals surface area (Å²) in [6, 6.07) is 11.8. The lowest BCUT2D eigenvalue weighted by Gasteiger charge is -2.31. The first-order valence-electron chi connectivity index (χ1n) is 20.7. The number of carbonyl (C=O) groups excluding carboxylic acids is 3. The molecule has 0 spiro atoms. The number of imide groups is 1. The zero-order valence-electron chi connectivity index (χ0n) is 40.1. The highest BCUT2D eigenvalue weighted by atomic mass is 16.3. The average Bonchev–Trinajstić information content (AvgIpc) is 3.05. The van der Waals surface area contributed by atoms with Gasteiger partial charge >= 0.3 is 6.03 Å². The van der Waals surface area contributed by atoms with Crippen molar-refractivity contribution in [3.63, 3.8) is 0 Å². The number of benzene rings is 3. The highest BCUT2D eigenvalue weighted by Crippen LogP contribution is 2.42. The van der Waals surface area contributed by atoms with E-state index >= 15 is 0 Å². The SMILES string of the molecule is CC(C)(C)c1cc(CN(C=O)C=O)cc(C(C)(C)C)c1O.CN(Cc1cc(C(C)(C)C)c(O)c(C(C)(C)C)c1)C(=O)N(C)Cc1cc(C(C)(C)C)c(O)c(C(C)(C)C)c1. The van der Waals surface area contributed by atoms with Crippen LogP contribution in [-0.2, 0) is 61.7 Å². The quantitative estimate of drug-likeness (QED) is 0.195. The Morgan fingerprint density at radius 2 is 0.610 bits per heavy atom. The molecule has 0 aliphatic rings. The molecular weight excluding hydrogens is 739 g/mol. The summed E-state index contributed by atoms with van der Waals surface area (Å²) >= 11 is 0. The van der Waals surface area contributed by atoms with E-state index in [0.717, 1.165) is 55.0 Å². The maximum atomic E-state index is 13.5. The monoisotopic (exact) mass is 816 g/mol. The van der Waals surface area contributed by atoms with Gasteiger partial charge in [-0.05, 0) is 119 Å². The average molecular weight is 816 g/mol. The van der Waals surface area contributed by atoms with Gasteiger partial charge in [-0.3, -0.25) is 14.5 Å². The van der Waals surface area contributed by atoms with Crippen LogP contribution in [0.1, 0.15) is 175 Å². The van der Waals surface area contributed by atoms with Gasteiger partial charge in [-0.25, -0.2) is 4.79 Å². The largest absolute Gasteiger partial charge is 0.507 e. The molecule has 0 saturated heterocycles. The predicted octanol–water partition coefficient (Wildman–Crippen LogP) is 11.1. The number of phenols is 3. The standard InChI is InChI=1S/C33H52N2O3.C17H25NO3/c1-30(2,3)23-15-21(16-24(27(23)36)31(4,5)6)19-34(13)29(38)35(14)20-22-17-25(32(7,8)9)28(37)26(18-22)33(10,11)12;1-16(2,3)13-7-12(9-18(10-19)11-20)8-14(15(13)21)17(4,5)6/h15-18,36-37H,19-20H2,1-14H3;7-8,10-11,21H,9H2,1-6H3. The van der Waals surface area contributed by atoms with Gasteiger partial charge in [-0.1, -0.05) is 125 Å². The summed E-state index contributed by atoms with van der Waals surface area (Å²) in [7, 11) is 3.63. The molecule has 3 rings (SSSR count). The third kappa shape index (κ3) is 13.2. The van der Waals surface area contributed by atoms with Crippen LogP contribution in [0, 0.1) is 0 Å². The zero-order chi connectivity index (χ0) is 46.0. The van der Waals surface area contributed by atoms with Gasteiger partial charge in [0.05, 0.1) is 6.54 Å². The fraction of sp³-hybridized carbons (Fsp3) is 0.580. The van der Waals surface area contributed by atoms with Crippen LogP contribution in [0.3, 0.4) is 0 Å². The maximum Gasteiger partial charge on any atom is 0.320 e. The molecule has 9 nitrogen and oxygen atoms in total. The lowest BCUT2D eigenvalue weighted by atomic mass is 9.78. The van der Waals surface area contributed by atoms with E-state index in [0.29, 0.717) is 43.2 Å². The number of hydrogen-bond donors (Lipinski definition) is 3. The summed E-state index contributed by atoms with van der Waals surface area (Å²) in [6.45, 7) is 38.3. The Labute approximate surface area is 356 Å². The van der Waals surface area contributed by atoms with Crippen LogP contribution in [0.4, 0.5) is 4.79 Å². The number of phenolic OH excluding ortho intramolecular Hbond substituents is 3. The van der Waals surface area contributed by atoms with E-state index in [1.165, 1.54) is 0 Å². The van der Waals surface area contributed by atoms with Gasteiger partial charge in [-0.2, -0.15) is 0 Å². The molecule has 328 valence electrons. The number of amides is 4. The highest BCUT2D eigenvalue weighted by molar-refractivity contribution is 5.74. The molecule has 0 radical (unpaired) electrons. The van der Waals surface area contributed by atoms with Crippen molar-refractivity contribution >= 4 is 18.9 Å². The Bertz CT molecular complexity index is 1770. The number of urea groups is 1. The molecule has 9 heteroatoms. The van der Waals surface area contributed by atoms with Crippen molar-refractivity contribution in [2.24, 2.45) is 0 Å². The van der Waals surface area contributed by atoms with E-state index in [1.54, 1.807) is 9.80 Å². The van der Waals surface area contributed by atoms with Crippen LogP contribution in [-0.4, -0.2) is 63.0 Å². The smallest absolute Gasteiger partial charge is 0.320 e. The molecule has 0 aliphatic carbocycles. The van der Waals surface area contributed by atoms with Gasteiger partial charge in [-0.15, -0.1) is 0 Å². The number of aromatic hydroxyl groups is 3. The topological polar surface area (TPSA) is 122 Å². The summed E-state index contributed by atoms with van der Waals surface area (Å²) in [6.07, 6.45) is 1.01. The first kappa shape index (κ1) is 50.6. The first-order valence-corrected chi connectivity index (χ1v) is 20.7. The van der Waals surface area contributed by atoms with Crippen LogP contribution in [0.5, 0.6) is 17.2 Å². The van der Waals surface area contributed by atoms with Crippen molar-refractivity contribution in [1.82, 2.24) is 14.7 Å². The molecule has 0 fully saturated rings. The molecule has 0 aromatic heterocycles. The fourth-order valence-electron chi connectivity index (χ4n) is 7.07. The third-order valence-electron chi connectivity index (χ3n) is 10.5. The zero-order valence-corrected chi connectivity index (χ0v) is 40.1. The van der Waals surface area contributed by atoms with Gasteiger partial charge in [0.1, 0.15) is 17.2 Å². The summed E-state index contributed by atoms with van der Waals surface area (Å²) in [4.78, 5) is 39.6. The van der Waals surface area contributed by atoms with Gasteiger partial charge in [0.2, 0.25) is 12.8 Å². The lowest BCUT2D eigenvalue weighted by Crippen LogP contribution is -2.38. The van der Waals surface area contributed by atoms with Crippen LogP contribution < -0.4 is 0 Å². The predicted molar refractivity (Wildman–Crippen MR) is 243 cm³/mol. The number of rotatable bonds is 8. The molecule has 3 N–H and O–H groups in total. The summed E-state index contributed by atoms with van der Waals surface area (Å²) in [5, 5.41) is 32.7. The number of nitrogens with zero attached hydrogens (tertiary/aromatic N) is 3. The minimum atomic E-state index is -0.229. The Morgan fingerprint density at radius 3 is 0.780 bits per heavy atom. The molecule has 3 aromatic carbocycles. The Morgan fingerprint density at radius 1 is 0.424 bits per heavy atom. The number of carbonyl (C=O) groups is 3. The van der Waals surface area contributed by atoms with E-state index in [9.17, 15) is 29.7 Å². The normalized spacial score (nSPS) is 12.7. The van der Waals surface area contributed by atoms with Crippen LogP contribution in [0.15, 0.2) is 36.4 Å². The second-order valence-corrected chi connectivity index (χ2v) is 22.5. The van der Waals surface area contributed by atoms with Gasteiger partial charge < -0.3 is 25.1 Å². The summed E-state index contributed by atoms with van der Waals surface area (Å²) in [5.74, 6) is 0.982. The minimum absolute atomic E-state index is 0.0876.